The molecule has 1 aromatic carbocycles. The smallest absolute Gasteiger partial charge is 0.115 e. The molecule has 0 spiro atoms. The molecule has 0 N–H and O–H groups in total. The van der Waals surface area contributed by atoms with Crippen molar-refractivity contribution in [2.24, 2.45) is 0 Å². The molecular formula is C8H8F2. The molecule has 0 nitrogen and oxygen atoms in total. The van der Waals surface area contributed by atoms with Gasteiger partial charge >= 0.3 is 0 Å². The zero-order chi connectivity index (χ0) is 7.40. The van der Waals surface area contributed by atoms with Gasteiger partial charge in [0.25, 0.3) is 0 Å². The standard InChI is InChI=1S/C8H8F2/c9-5-7-2-1-3-8(4-7)6-10/h1-4H,5-6H2. The largest absolute Gasteiger partial charge is 0.246 e. The van der Waals surface area contributed by atoms with Crippen LogP contribution in [0.3, 0.4) is 0 Å². The molecule has 0 aromatic heterocycles. The number of alkyl halides is 2. The fraction of sp³-hybridized carbons (Fsp3) is 0.250. The summed E-state index contributed by atoms with van der Waals surface area (Å²) in [6.07, 6.45) is 0. The first-order chi connectivity index (χ1) is 4.86. The highest BCUT2D eigenvalue weighted by atomic mass is 19.1. The lowest BCUT2D eigenvalue weighted by Gasteiger charge is -1.95. The lowest BCUT2D eigenvalue weighted by molar-refractivity contribution is 0.475. The number of hydrogen-bond acceptors (Lipinski definition) is 0. The van der Waals surface area contributed by atoms with Gasteiger partial charge in [0.1, 0.15) is 13.3 Å². The third-order valence-corrected chi connectivity index (χ3v) is 1.30. The molecule has 0 aliphatic carbocycles. The molecule has 0 amide bonds. The Balaban J connectivity index is 2.87. The molecule has 1 aromatic rings. The Morgan fingerprint density at radius 1 is 1.00 bits per heavy atom. The van der Waals surface area contributed by atoms with E-state index in [4.69, 9.17) is 0 Å². The van der Waals surface area contributed by atoms with Crippen LogP contribution >= 0.6 is 0 Å². The van der Waals surface area contributed by atoms with Gasteiger partial charge in [-0.2, -0.15) is 0 Å². The van der Waals surface area contributed by atoms with Gasteiger partial charge in [0, 0.05) is 0 Å². The maximum absolute atomic E-state index is 11.9. The SMILES string of the molecule is FCc1cccc(CF)c1. The Labute approximate surface area is 58.5 Å². The van der Waals surface area contributed by atoms with Crippen LogP contribution < -0.4 is 0 Å². The molecule has 0 bridgehead atoms. The monoisotopic (exact) mass is 142 g/mol. The molecule has 0 fully saturated rings. The Kier molecular flexibility index (Phi) is 2.37. The highest BCUT2D eigenvalue weighted by Gasteiger charge is 1.92. The number of halogens is 2. The highest BCUT2D eigenvalue weighted by Crippen LogP contribution is 2.07. The van der Waals surface area contributed by atoms with Crippen molar-refractivity contribution in [3.8, 4) is 0 Å². The van der Waals surface area contributed by atoms with Gasteiger partial charge in [0.05, 0.1) is 0 Å². The van der Waals surface area contributed by atoms with E-state index in [0.29, 0.717) is 11.1 Å². The molecule has 1 rings (SSSR count). The normalized spacial score (nSPS) is 9.80. The van der Waals surface area contributed by atoms with Crippen LogP contribution in [0, 0.1) is 0 Å². The zero-order valence-corrected chi connectivity index (χ0v) is 5.48. The van der Waals surface area contributed by atoms with Crippen molar-refractivity contribution in [1.29, 1.82) is 0 Å². The van der Waals surface area contributed by atoms with E-state index in [2.05, 4.69) is 0 Å². The van der Waals surface area contributed by atoms with E-state index in [9.17, 15) is 8.78 Å². The van der Waals surface area contributed by atoms with Gasteiger partial charge in [-0.3, -0.25) is 0 Å². The first kappa shape index (κ1) is 7.19. The molecule has 54 valence electrons. The second-order valence-corrected chi connectivity index (χ2v) is 2.09. The Morgan fingerprint density at radius 3 is 1.90 bits per heavy atom. The van der Waals surface area contributed by atoms with E-state index in [-0.39, 0.29) is 0 Å². The molecule has 0 aliphatic heterocycles. The summed E-state index contributed by atoms with van der Waals surface area (Å²) in [6.45, 7) is -1.04. The van der Waals surface area contributed by atoms with Crippen molar-refractivity contribution < 1.29 is 8.78 Å². The lowest BCUT2D eigenvalue weighted by atomic mass is 10.1. The third-order valence-electron chi connectivity index (χ3n) is 1.30. The van der Waals surface area contributed by atoms with Gasteiger partial charge < -0.3 is 0 Å². The second-order valence-electron chi connectivity index (χ2n) is 2.09. The Morgan fingerprint density at radius 2 is 1.50 bits per heavy atom. The lowest BCUT2D eigenvalue weighted by Crippen LogP contribution is -1.81. The molecule has 0 saturated heterocycles. The van der Waals surface area contributed by atoms with Crippen molar-refractivity contribution in [1.82, 2.24) is 0 Å². The Bertz CT molecular complexity index is 189. The van der Waals surface area contributed by atoms with Gasteiger partial charge in [0.15, 0.2) is 0 Å². The minimum absolute atomic E-state index is 0.520. The van der Waals surface area contributed by atoms with Crippen molar-refractivity contribution in [2.45, 2.75) is 13.3 Å². The van der Waals surface area contributed by atoms with Gasteiger partial charge in [-0.15, -0.1) is 0 Å². The fourth-order valence-electron chi connectivity index (χ4n) is 0.796. The number of hydrogen-bond donors (Lipinski definition) is 0. The summed E-state index contributed by atoms with van der Waals surface area (Å²) in [5.41, 5.74) is 1.07. The summed E-state index contributed by atoms with van der Waals surface area (Å²) < 4.78 is 23.8. The maximum Gasteiger partial charge on any atom is 0.115 e. The van der Waals surface area contributed by atoms with Gasteiger partial charge in [-0.1, -0.05) is 24.3 Å². The van der Waals surface area contributed by atoms with Crippen molar-refractivity contribution in [3.05, 3.63) is 35.4 Å². The average Bonchev–Trinajstić information content (AvgIpc) is 2.05. The van der Waals surface area contributed by atoms with Crippen LogP contribution in [-0.2, 0) is 13.3 Å². The van der Waals surface area contributed by atoms with Crippen LogP contribution in [0.2, 0.25) is 0 Å². The topological polar surface area (TPSA) is 0 Å². The second kappa shape index (κ2) is 3.30. The quantitative estimate of drug-likeness (QED) is 0.595. The molecule has 0 atom stereocenters. The van der Waals surface area contributed by atoms with E-state index >= 15 is 0 Å². The molecular weight excluding hydrogens is 134 g/mol. The van der Waals surface area contributed by atoms with Crippen LogP contribution in [0.1, 0.15) is 11.1 Å². The van der Waals surface area contributed by atoms with E-state index in [1.165, 1.54) is 6.07 Å². The maximum atomic E-state index is 11.9. The Hall–Kier alpha value is -0.920. The van der Waals surface area contributed by atoms with Crippen molar-refractivity contribution in [3.63, 3.8) is 0 Å². The van der Waals surface area contributed by atoms with Crippen LogP contribution in [-0.4, -0.2) is 0 Å². The van der Waals surface area contributed by atoms with Crippen LogP contribution in [0.25, 0.3) is 0 Å². The first-order valence-corrected chi connectivity index (χ1v) is 3.06. The fourth-order valence-corrected chi connectivity index (χ4v) is 0.796. The van der Waals surface area contributed by atoms with Gasteiger partial charge in [0.2, 0.25) is 0 Å². The molecule has 10 heavy (non-hydrogen) atoms. The summed E-state index contributed by atoms with van der Waals surface area (Å²) in [4.78, 5) is 0. The molecule has 0 heterocycles. The number of benzene rings is 1. The van der Waals surface area contributed by atoms with E-state index in [0.717, 1.165) is 0 Å². The van der Waals surface area contributed by atoms with Crippen molar-refractivity contribution in [2.75, 3.05) is 0 Å². The van der Waals surface area contributed by atoms with E-state index in [1.54, 1.807) is 18.2 Å². The number of rotatable bonds is 2. The van der Waals surface area contributed by atoms with E-state index < -0.39 is 13.3 Å². The molecule has 0 radical (unpaired) electrons. The average molecular weight is 142 g/mol. The van der Waals surface area contributed by atoms with Crippen molar-refractivity contribution >= 4 is 0 Å². The highest BCUT2D eigenvalue weighted by molar-refractivity contribution is 5.22. The zero-order valence-electron chi connectivity index (χ0n) is 5.48. The van der Waals surface area contributed by atoms with Gasteiger partial charge in [-0.05, 0) is 11.1 Å². The van der Waals surface area contributed by atoms with Crippen LogP contribution in [0.15, 0.2) is 24.3 Å². The predicted molar refractivity (Wildman–Crippen MR) is 36.1 cm³/mol. The third kappa shape index (κ3) is 1.53. The minimum atomic E-state index is -0.520. The predicted octanol–water partition coefficient (Wildman–Crippen LogP) is 2.63. The summed E-state index contributed by atoms with van der Waals surface area (Å²) in [6, 6.07) is 6.46. The van der Waals surface area contributed by atoms with Gasteiger partial charge in [-0.25, -0.2) is 8.78 Å². The summed E-state index contributed by atoms with van der Waals surface area (Å²) in [7, 11) is 0. The molecule has 0 aliphatic rings. The summed E-state index contributed by atoms with van der Waals surface area (Å²) in [5, 5.41) is 0. The molecule has 0 unspecified atom stereocenters. The molecule has 0 saturated carbocycles. The first-order valence-electron chi connectivity index (χ1n) is 3.06. The molecule has 2 heteroatoms. The van der Waals surface area contributed by atoms with Crippen LogP contribution in [0.5, 0.6) is 0 Å². The summed E-state index contributed by atoms with van der Waals surface area (Å²) in [5.74, 6) is 0. The minimum Gasteiger partial charge on any atom is -0.246 e. The van der Waals surface area contributed by atoms with E-state index in [1.807, 2.05) is 0 Å². The summed E-state index contributed by atoms with van der Waals surface area (Å²) >= 11 is 0. The van der Waals surface area contributed by atoms with Crippen LogP contribution in [0.4, 0.5) is 8.78 Å².